The second-order valence-corrected chi connectivity index (χ2v) is 4.54. The third kappa shape index (κ3) is 4.61. The molecular weight excluding hydrogens is 214 g/mol. The van der Waals surface area contributed by atoms with Crippen LogP contribution >= 0.6 is 0 Å². The lowest BCUT2D eigenvalue weighted by Gasteiger charge is -2.25. The van der Waals surface area contributed by atoms with E-state index in [1.165, 1.54) is 0 Å². The molecule has 0 saturated carbocycles. The minimum absolute atomic E-state index is 0.608. The van der Waals surface area contributed by atoms with Crippen molar-refractivity contribution in [1.82, 2.24) is 4.98 Å². The summed E-state index contributed by atoms with van der Waals surface area (Å²) in [7, 11) is 1.65. The molecule has 4 nitrogen and oxygen atoms in total. The first-order chi connectivity index (χ1) is 8.17. The van der Waals surface area contributed by atoms with Gasteiger partial charge in [0.1, 0.15) is 11.6 Å². The summed E-state index contributed by atoms with van der Waals surface area (Å²) in [4.78, 5) is 6.69. The Morgan fingerprint density at radius 2 is 2.18 bits per heavy atom. The average Bonchev–Trinajstić information content (AvgIpc) is 2.34. The number of ether oxygens (including phenoxy) is 1. The summed E-state index contributed by atoms with van der Waals surface area (Å²) in [6.45, 7) is 7.08. The molecule has 4 heteroatoms. The molecule has 1 aromatic heterocycles. The van der Waals surface area contributed by atoms with Crippen LogP contribution in [0.25, 0.3) is 0 Å². The normalized spacial score (nSPS) is 10.6. The second-order valence-electron chi connectivity index (χ2n) is 4.54. The Balaban J connectivity index is 2.72. The maximum absolute atomic E-state index is 5.56. The van der Waals surface area contributed by atoms with E-state index >= 15 is 0 Å². The van der Waals surface area contributed by atoms with E-state index in [2.05, 4.69) is 23.7 Å². The van der Waals surface area contributed by atoms with E-state index in [4.69, 9.17) is 10.5 Å². The van der Waals surface area contributed by atoms with Gasteiger partial charge in [-0.15, -0.1) is 0 Å². The minimum atomic E-state index is 0.608. The van der Waals surface area contributed by atoms with Gasteiger partial charge in [-0.3, -0.25) is 0 Å². The highest BCUT2D eigenvalue weighted by Crippen LogP contribution is 2.16. The van der Waals surface area contributed by atoms with E-state index in [9.17, 15) is 0 Å². The first-order valence-corrected chi connectivity index (χ1v) is 6.12. The van der Waals surface area contributed by atoms with Crippen molar-refractivity contribution in [3.05, 3.63) is 18.3 Å². The predicted molar refractivity (Wildman–Crippen MR) is 71.5 cm³/mol. The van der Waals surface area contributed by atoms with E-state index in [0.717, 1.165) is 31.1 Å². The number of anilines is 1. The van der Waals surface area contributed by atoms with Crippen molar-refractivity contribution >= 4 is 5.82 Å². The third-order valence-electron chi connectivity index (χ3n) is 2.50. The number of nitrogens with zero attached hydrogens (tertiary/aromatic N) is 2. The van der Waals surface area contributed by atoms with Crippen molar-refractivity contribution in [3.8, 4) is 5.75 Å². The van der Waals surface area contributed by atoms with E-state index < -0.39 is 0 Å². The zero-order valence-corrected chi connectivity index (χ0v) is 11.0. The van der Waals surface area contributed by atoms with E-state index in [0.29, 0.717) is 12.5 Å². The summed E-state index contributed by atoms with van der Waals surface area (Å²) in [5, 5.41) is 0. The standard InChI is InChI=1S/C13H23N3O/c1-11(2)10-16(8-4-7-14)13-6-5-12(17-3)9-15-13/h5-6,9,11H,4,7-8,10,14H2,1-3H3. The van der Waals surface area contributed by atoms with Crippen LogP contribution in [0.2, 0.25) is 0 Å². The van der Waals surface area contributed by atoms with Gasteiger partial charge < -0.3 is 15.4 Å². The quantitative estimate of drug-likeness (QED) is 0.787. The van der Waals surface area contributed by atoms with Crippen LogP contribution in [0, 0.1) is 5.92 Å². The summed E-state index contributed by atoms with van der Waals surface area (Å²) >= 11 is 0. The van der Waals surface area contributed by atoms with E-state index in [1.54, 1.807) is 13.3 Å². The number of aromatic nitrogens is 1. The van der Waals surface area contributed by atoms with Crippen molar-refractivity contribution in [2.24, 2.45) is 11.7 Å². The summed E-state index contributed by atoms with van der Waals surface area (Å²) in [5.74, 6) is 2.39. The molecule has 1 heterocycles. The van der Waals surface area contributed by atoms with Gasteiger partial charge in [0.25, 0.3) is 0 Å². The molecule has 0 saturated heterocycles. The van der Waals surface area contributed by atoms with Crippen LogP contribution in [0.15, 0.2) is 18.3 Å². The third-order valence-corrected chi connectivity index (χ3v) is 2.50. The smallest absolute Gasteiger partial charge is 0.137 e. The molecule has 2 N–H and O–H groups in total. The molecular formula is C13H23N3O. The summed E-state index contributed by atoms with van der Waals surface area (Å²) in [6.07, 6.45) is 2.74. The van der Waals surface area contributed by atoms with Gasteiger partial charge in [0.05, 0.1) is 13.3 Å². The van der Waals surface area contributed by atoms with Gasteiger partial charge in [-0.1, -0.05) is 13.8 Å². The molecule has 0 amide bonds. The van der Waals surface area contributed by atoms with Gasteiger partial charge in [0.2, 0.25) is 0 Å². The SMILES string of the molecule is COc1ccc(N(CCCN)CC(C)C)nc1. The van der Waals surface area contributed by atoms with Crippen LogP contribution in [-0.2, 0) is 0 Å². The maximum Gasteiger partial charge on any atom is 0.137 e. The molecule has 17 heavy (non-hydrogen) atoms. The topological polar surface area (TPSA) is 51.4 Å². The molecule has 0 unspecified atom stereocenters. The minimum Gasteiger partial charge on any atom is -0.495 e. The highest BCUT2D eigenvalue weighted by Gasteiger charge is 2.09. The molecule has 0 spiro atoms. The Labute approximate surface area is 104 Å². The van der Waals surface area contributed by atoms with Crippen LogP contribution in [0.3, 0.4) is 0 Å². The van der Waals surface area contributed by atoms with Crippen LogP contribution in [0.1, 0.15) is 20.3 Å². The van der Waals surface area contributed by atoms with Gasteiger partial charge in [0.15, 0.2) is 0 Å². The monoisotopic (exact) mass is 237 g/mol. The van der Waals surface area contributed by atoms with Crippen molar-refractivity contribution in [2.75, 3.05) is 31.6 Å². The molecule has 1 rings (SSSR count). The molecule has 0 aliphatic carbocycles. The fraction of sp³-hybridized carbons (Fsp3) is 0.615. The molecule has 1 aromatic rings. The Morgan fingerprint density at radius 3 is 2.65 bits per heavy atom. The highest BCUT2D eigenvalue weighted by atomic mass is 16.5. The van der Waals surface area contributed by atoms with Crippen LogP contribution < -0.4 is 15.4 Å². The largest absolute Gasteiger partial charge is 0.495 e. The van der Waals surface area contributed by atoms with Crippen molar-refractivity contribution in [2.45, 2.75) is 20.3 Å². The van der Waals surface area contributed by atoms with Gasteiger partial charge in [-0.05, 0) is 31.0 Å². The number of hydrogen-bond donors (Lipinski definition) is 1. The van der Waals surface area contributed by atoms with Gasteiger partial charge >= 0.3 is 0 Å². The summed E-state index contributed by atoms with van der Waals surface area (Å²) < 4.78 is 5.11. The summed E-state index contributed by atoms with van der Waals surface area (Å²) in [6, 6.07) is 3.94. The molecule has 0 radical (unpaired) electrons. The highest BCUT2D eigenvalue weighted by molar-refractivity contribution is 5.40. The molecule has 0 aromatic carbocycles. The fourth-order valence-electron chi connectivity index (χ4n) is 1.70. The Kier molecular flexibility index (Phi) is 5.77. The lowest BCUT2D eigenvalue weighted by atomic mass is 10.2. The molecule has 0 aliphatic heterocycles. The van der Waals surface area contributed by atoms with Crippen LogP contribution in [0.4, 0.5) is 5.82 Å². The zero-order chi connectivity index (χ0) is 12.7. The Hall–Kier alpha value is -1.29. The fourth-order valence-corrected chi connectivity index (χ4v) is 1.70. The number of hydrogen-bond acceptors (Lipinski definition) is 4. The first-order valence-electron chi connectivity index (χ1n) is 6.12. The lowest BCUT2D eigenvalue weighted by molar-refractivity contribution is 0.413. The second kappa shape index (κ2) is 7.12. The Morgan fingerprint density at radius 1 is 1.41 bits per heavy atom. The van der Waals surface area contributed by atoms with Gasteiger partial charge in [-0.2, -0.15) is 0 Å². The molecule has 0 fully saturated rings. The van der Waals surface area contributed by atoms with Crippen LogP contribution in [0.5, 0.6) is 5.75 Å². The van der Waals surface area contributed by atoms with Crippen molar-refractivity contribution < 1.29 is 4.74 Å². The van der Waals surface area contributed by atoms with E-state index in [1.807, 2.05) is 12.1 Å². The molecule has 96 valence electrons. The van der Waals surface area contributed by atoms with Crippen molar-refractivity contribution in [3.63, 3.8) is 0 Å². The first kappa shape index (κ1) is 13.8. The number of pyridine rings is 1. The Bertz CT molecular complexity index is 311. The van der Waals surface area contributed by atoms with E-state index in [-0.39, 0.29) is 0 Å². The predicted octanol–water partition coefficient (Wildman–Crippen LogP) is 1.90. The average molecular weight is 237 g/mol. The van der Waals surface area contributed by atoms with Crippen molar-refractivity contribution in [1.29, 1.82) is 0 Å². The number of rotatable bonds is 7. The molecule has 0 atom stereocenters. The zero-order valence-electron chi connectivity index (χ0n) is 11.0. The maximum atomic E-state index is 5.56. The summed E-state index contributed by atoms with van der Waals surface area (Å²) in [5.41, 5.74) is 5.56. The lowest BCUT2D eigenvalue weighted by Crippen LogP contribution is -2.30. The number of nitrogens with two attached hydrogens (primary N) is 1. The molecule has 0 bridgehead atoms. The molecule has 0 aliphatic rings. The number of methoxy groups -OCH3 is 1. The van der Waals surface area contributed by atoms with Gasteiger partial charge in [0, 0.05) is 13.1 Å². The van der Waals surface area contributed by atoms with Gasteiger partial charge in [-0.25, -0.2) is 4.98 Å². The van der Waals surface area contributed by atoms with Crippen LogP contribution in [-0.4, -0.2) is 31.7 Å².